The third-order valence-corrected chi connectivity index (χ3v) is 1.77. The fourth-order valence-corrected chi connectivity index (χ4v) is 0.995. The second-order valence-corrected chi connectivity index (χ2v) is 2.82. The Kier molecular flexibility index (Phi) is 3.59. The van der Waals surface area contributed by atoms with Gasteiger partial charge in [0.2, 0.25) is 0 Å². The Labute approximate surface area is 85.0 Å². The Morgan fingerprint density at radius 1 is 1.73 bits per heavy atom. The normalized spacial score (nSPS) is 10.5. The molecule has 1 aromatic rings. The van der Waals surface area contributed by atoms with E-state index in [0.29, 0.717) is 16.1 Å². The number of methoxy groups -OCH3 is 1. The Bertz CT molecular complexity index is 352. The van der Waals surface area contributed by atoms with Gasteiger partial charge in [0.05, 0.1) is 24.7 Å². The van der Waals surface area contributed by atoms with E-state index in [-0.39, 0.29) is 6.54 Å². The smallest absolute Gasteiger partial charge is 0.333 e. The molecule has 15 heavy (non-hydrogen) atoms. The van der Waals surface area contributed by atoms with Crippen molar-refractivity contribution in [3.05, 3.63) is 11.9 Å². The number of alkyl halides is 2. The van der Waals surface area contributed by atoms with Crippen LogP contribution >= 0.6 is 0 Å². The highest BCUT2D eigenvalue weighted by Gasteiger charge is 2.11. The summed E-state index contributed by atoms with van der Waals surface area (Å²) in [6.45, 7) is -1.19. The number of hydrogen-bond donors (Lipinski definition) is 1. The van der Waals surface area contributed by atoms with E-state index < -0.39 is 12.5 Å². The van der Waals surface area contributed by atoms with Crippen LogP contribution in [0.1, 0.15) is 12.2 Å². The highest BCUT2D eigenvalue weighted by Crippen LogP contribution is 2.17. The fourth-order valence-electron chi connectivity index (χ4n) is 0.995. The molecule has 0 fully saturated rings. The maximum absolute atomic E-state index is 12.2. The first kappa shape index (κ1) is 11.4. The van der Waals surface area contributed by atoms with Crippen LogP contribution in [0.25, 0.3) is 0 Å². The Hall–Kier alpha value is -1.66. The van der Waals surface area contributed by atoms with Crippen molar-refractivity contribution in [2.75, 3.05) is 19.0 Å². The number of aromatic nitrogens is 2. The molecule has 1 aromatic heterocycles. The summed E-state index contributed by atoms with van der Waals surface area (Å²) in [5, 5.41) is 6.21. The molecule has 7 heteroatoms. The second kappa shape index (κ2) is 4.72. The first-order valence-electron chi connectivity index (χ1n) is 4.19. The van der Waals surface area contributed by atoms with Crippen LogP contribution in [0.4, 0.5) is 14.5 Å². The number of carbonyl (C=O) groups is 1. The molecule has 0 spiro atoms. The molecule has 0 amide bonds. The van der Waals surface area contributed by atoms with Crippen molar-refractivity contribution in [1.29, 1.82) is 0 Å². The zero-order valence-corrected chi connectivity index (χ0v) is 8.33. The number of anilines is 1. The summed E-state index contributed by atoms with van der Waals surface area (Å²) < 4.78 is 29.3. The minimum Gasteiger partial charge on any atom is -0.468 e. The van der Waals surface area contributed by atoms with Crippen LogP contribution in [0.2, 0.25) is 0 Å². The molecule has 0 unspecified atom stereocenters. The molecule has 0 saturated heterocycles. The topological polar surface area (TPSA) is 56.1 Å². The van der Waals surface area contributed by atoms with E-state index in [0.717, 1.165) is 6.20 Å². The zero-order valence-electron chi connectivity index (χ0n) is 8.33. The summed E-state index contributed by atoms with van der Waals surface area (Å²) in [5.41, 5.74) is 0.792. The molecule has 0 aliphatic rings. The zero-order chi connectivity index (χ0) is 11.4. The Morgan fingerprint density at radius 2 is 2.40 bits per heavy atom. The van der Waals surface area contributed by atoms with E-state index in [1.54, 1.807) is 6.92 Å². The van der Waals surface area contributed by atoms with Crippen LogP contribution in [-0.2, 0) is 9.53 Å². The van der Waals surface area contributed by atoms with E-state index >= 15 is 0 Å². The lowest BCUT2D eigenvalue weighted by molar-refractivity contribution is -0.138. The minimum absolute atomic E-state index is 0.0771. The van der Waals surface area contributed by atoms with Crippen LogP contribution in [0, 0.1) is 6.92 Å². The molecular weight excluding hydrogens is 208 g/mol. The predicted octanol–water partition coefficient (Wildman–Crippen LogP) is 1.17. The fraction of sp³-hybridized carbons (Fsp3) is 0.500. The van der Waals surface area contributed by atoms with Crippen molar-refractivity contribution in [3.63, 3.8) is 0 Å². The monoisotopic (exact) mass is 219 g/mol. The van der Waals surface area contributed by atoms with Gasteiger partial charge in [-0.15, -0.1) is 0 Å². The maximum Gasteiger partial charge on any atom is 0.333 e. The van der Waals surface area contributed by atoms with E-state index in [4.69, 9.17) is 0 Å². The SMILES string of the molecule is COC(=O)CNc1cn(C(F)F)nc1C. The molecule has 5 nitrogen and oxygen atoms in total. The van der Waals surface area contributed by atoms with Crippen LogP contribution in [-0.4, -0.2) is 29.4 Å². The molecular formula is C8H11F2N3O2. The molecule has 84 valence electrons. The van der Waals surface area contributed by atoms with Crippen molar-refractivity contribution >= 4 is 11.7 Å². The molecule has 0 aliphatic heterocycles. The standard InChI is InChI=1S/C8H11F2N3O2/c1-5-6(11-3-7(14)15-2)4-13(12-5)8(9)10/h4,8,11H,3H2,1-2H3. The molecule has 0 atom stereocenters. The third-order valence-electron chi connectivity index (χ3n) is 1.77. The van der Waals surface area contributed by atoms with Gasteiger partial charge in [-0.05, 0) is 6.92 Å². The van der Waals surface area contributed by atoms with Crippen LogP contribution in [0.15, 0.2) is 6.20 Å². The summed E-state index contributed by atoms with van der Waals surface area (Å²) in [4.78, 5) is 10.8. The molecule has 1 N–H and O–H groups in total. The van der Waals surface area contributed by atoms with Gasteiger partial charge in [-0.3, -0.25) is 4.79 Å². The van der Waals surface area contributed by atoms with Gasteiger partial charge in [-0.2, -0.15) is 13.9 Å². The Balaban J connectivity index is 2.65. The van der Waals surface area contributed by atoms with Crippen molar-refractivity contribution in [2.24, 2.45) is 0 Å². The van der Waals surface area contributed by atoms with Crippen molar-refractivity contribution in [2.45, 2.75) is 13.5 Å². The summed E-state index contributed by atoms with van der Waals surface area (Å²) in [5.74, 6) is -0.473. The first-order valence-corrected chi connectivity index (χ1v) is 4.19. The average molecular weight is 219 g/mol. The van der Waals surface area contributed by atoms with E-state index in [9.17, 15) is 13.6 Å². The van der Waals surface area contributed by atoms with Gasteiger partial charge in [0, 0.05) is 0 Å². The molecule has 1 heterocycles. The largest absolute Gasteiger partial charge is 0.468 e. The van der Waals surface area contributed by atoms with Gasteiger partial charge in [0.1, 0.15) is 6.54 Å². The highest BCUT2D eigenvalue weighted by atomic mass is 19.3. The lowest BCUT2D eigenvalue weighted by Gasteiger charge is -2.01. The predicted molar refractivity (Wildman–Crippen MR) is 48.7 cm³/mol. The van der Waals surface area contributed by atoms with Gasteiger partial charge >= 0.3 is 12.5 Å². The third kappa shape index (κ3) is 2.90. The molecule has 0 radical (unpaired) electrons. The lowest BCUT2D eigenvalue weighted by atomic mass is 10.4. The maximum atomic E-state index is 12.2. The van der Waals surface area contributed by atoms with Crippen molar-refractivity contribution in [3.8, 4) is 0 Å². The number of nitrogens with one attached hydrogen (secondary N) is 1. The van der Waals surface area contributed by atoms with E-state index in [1.165, 1.54) is 7.11 Å². The number of aryl methyl sites for hydroxylation is 1. The number of ether oxygens (including phenoxy) is 1. The van der Waals surface area contributed by atoms with Gasteiger partial charge in [0.15, 0.2) is 0 Å². The second-order valence-electron chi connectivity index (χ2n) is 2.82. The number of hydrogen-bond acceptors (Lipinski definition) is 4. The number of halogens is 2. The van der Waals surface area contributed by atoms with Gasteiger partial charge < -0.3 is 10.1 Å². The number of rotatable bonds is 4. The van der Waals surface area contributed by atoms with Crippen molar-refractivity contribution < 1.29 is 18.3 Å². The highest BCUT2D eigenvalue weighted by molar-refractivity contribution is 5.74. The minimum atomic E-state index is -2.68. The van der Waals surface area contributed by atoms with Gasteiger partial charge in [0.25, 0.3) is 0 Å². The molecule has 0 aromatic carbocycles. The van der Waals surface area contributed by atoms with E-state index in [1.807, 2.05) is 0 Å². The first-order chi connectivity index (χ1) is 7.04. The number of esters is 1. The van der Waals surface area contributed by atoms with Crippen LogP contribution in [0.3, 0.4) is 0 Å². The summed E-state index contributed by atoms with van der Waals surface area (Å²) >= 11 is 0. The summed E-state index contributed by atoms with van der Waals surface area (Å²) in [6, 6.07) is 0. The van der Waals surface area contributed by atoms with Gasteiger partial charge in [-0.1, -0.05) is 0 Å². The molecule has 0 bridgehead atoms. The van der Waals surface area contributed by atoms with Crippen molar-refractivity contribution in [1.82, 2.24) is 9.78 Å². The number of carbonyl (C=O) groups excluding carboxylic acids is 1. The molecule has 0 saturated carbocycles. The summed E-state index contributed by atoms with van der Waals surface area (Å²) in [6.07, 6.45) is 1.14. The summed E-state index contributed by atoms with van der Waals surface area (Å²) in [7, 11) is 1.25. The lowest BCUT2D eigenvalue weighted by Crippen LogP contribution is -2.15. The Morgan fingerprint density at radius 3 is 2.87 bits per heavy atom. The van der Waals surface area contributed by atoms with Crippen LogP contribution < -0.4 is 5.32 Å². The quantitative estimate of drug-likeness (QED) is 0.772. The van der Waals surface area contributed by atoms with Gasteiger partial charge in [-0.25, -0.2) is 4.68 Å². The van der Waals surface area contributed by atoms with Crippen LogP contribution in [0.5, 0.6) is 0 Å². The average Bonchev–Trinajstić information content (AvgIpc) is 2.56. The molecule has 0 aliphatic carbocycles. The molecule has 1 rings (SSSR count). The number of nitrogens with zero attached hydrogens (tertiary/aromatic N) is 2. The van der Waals surface area contributed by atoms with E-state index in [2.05, 4.69) is 15.2 Å².